The van der Waals surface area contributed by atoms with Crippen LogP contribution in [0.15, 0.2) is 41.6 Å². The van der Waals surface area contributed by atoms with Gasteiger partial charge in [-0.2, -0.15) is 4.57 Å². The Morgan fingerprint density at radius 1 is 1.29 bits per heavy atom. The molecule has 1 saturated heterocycles. The van der Waals surface area contributed by atoms with Crippen LogP contribution in [0.3, 0.4) is 0 Å². The highest BCUT2D eigenvalue weighted by Crippen LogP contribution is 2.42. The molecular weight excluding hydrogens is 548 g/mol. The Kier molecular flexibility index (Phi) is 8.51. The number of hydrogen-bond acceptors (Lipinski definition) is 6. The van der Waals surface area contributed by atoms with E-state index in [1.807, 2.05) is 24.1 Å². The lowest BCUT2D eigenvalue weighted by Crippen LogP contribution is -2.61. The number of anilines is 1. The fraction of sp³-hybridized carbons (Fsp3) is 0.531. The molecule has 2 aromatic heterocycles. The summed E-state index contributed by atoms with van der Waals surface area (Å²) < 4.78 is 2.50. The van der Waals surface area contributed by atoms with Crippen molar-refractivity contribution in [1.82, 2.24) is 15.2 Å². The number of rotatable bonds is 6. The smallest absolute Gasteiger partial charge is 0.327 e. The molecule has 0 aromatic carbocycles. The Hall–Kier alpha value is -3.21. The first-order valence-electron chi connectivity index (χ1n) is 14.9. The van der Waals surface area contributed by atoms with Crippen LogP contribution in [0.1, 0.15) is 56.2 Å². The fourth-order valence-electron chi connectivity index (χ4n) is 5.97. The van der Waals surface area contributed by atoms with E-state index in [4.69, 9.17) is 0 Å². The summed E-state index contributed by atoms with van der Waals surface area (Å²) in [5.74, 6) is 0.740. The van der Waals surface area contributed by atoms with E-state index >= 15 is 0 Å². The molecule has 0 bridgehead atoms. The second-order valence-electron chi connectivity index (χ2n) is 13.3. The molecule has 5 heterocycles. The summed E-state index contributed by atoms with van der Waals surface area (Å²) in [5.41, 5.74) is 2.53. The summed E-state index contributed by atoms with van der Waals surface area (Å²) in [4.78, 5) is 45.6. The van der Waals surface area contributed by atoms with Crippen molar-refractivity contribution >= 4 is 41.0 Å². The van der Waals surface area contributed by atoms with Gasteiger partial charge in [-0.3, -0.25) is 14.1 Å². The third-order valence-corrected chi connectivity index (χ3v) is 10.0. The Morgan fingerprint density at radius 3 is 2.69 bits per heavy atom. The third kappa shape index (κ3) is 6.71. The maximum absolute atomic E-state index is 13.3. The number of hydrogen-bond donors (Lipinski definition) is 2. The fourth-order valence-corrected chi connectivity index (χ4v) is 6.86. The zero-order chi connectivity index (χ0) is 30.1. The summed E-state index contributed by atoms with van der Waals surface area (Å²) >= 11 is 1.76. The molecule has 0 atom stereocenters. The van der Waals surface area contributed by atoms with Crippen LogP contribution in [0.2, 0.25) is 0 Å². The normalized spacial score (nSPS) is 24.5. The van der Waals surface area contributed by atoms with Gasteiger partial charge in [0.05, 0.1) is 37.4 Å². The number of piperidine rings is 1. The van der Waals surface area contributed by atoms with Crippen LogP contribution in [-0.2, 0) is 34.3 Å². The highest BCUT2D eigenvalue weighted by molar-refractivity contribution is 7.09. The number of aromatic nitrogens is 2. The Morgan fingerprint density at radius 2 is 2.05 bits per heavy atom. The molecule has 3 aliphatic rings. The van der Waals surface area contributed by atoms with Crippen LogP contribution < -0.4 is 15.2 Å². The quantitative estimate of drug-likeness (QED) is 0.233. The third-order valence-electron chi connectivity index (χ3n) is 9.06. The summed E-state index contributed by atoms with van der Waals surface area (Å²) in [6.45, 7) is 9.08. The van der Waals surface area contributed by atoms with Crippen molar-refractivity contribution in [3.63, 3.8) is 0 Å². The summed E-state index contributed by atoms with van der Waals surface area (Å²) in [6, 6.07) is 2.03. The standard InChI is InChI=1S/C32H43N6O3S/c1-31(2,3)34-22-28(40)38(5)15-10-32(11-16-38)20-25-18-24(21-33-29(25)35-30(32)41)6-7-26(39)37-12-8-23(9-13-37)19-27-36(4)14-17-42-27/h6-8,14,17-18,21,34H,9-13,15-16,19-20,22H2,1-5H3/q+1/p+1. The maximum Gasteiger partial charge on any atom is 0.327 e. The Bertz CT molecular complexity index is 1430. The number of likely N-dealkylation sites (N-methyl/N-ethyl adjacent to an activating group) is 1. The van der Waals surface area contributed by atoms with Crippen LogP contribution in [0, 0.1) is 5.41 Å². The molecule has 0 saturated carbocycles. The summed E-state index contributed by atoms with van der Waals surface area (Å²) in [6.07, 6.45) is 13.1. The molecule has 3 aliphatic heterocycles. The number of carbonyl (C=O) groups is 3. The van der Waals surface area contributed by atoms with E-state index in [9.17, 15) is 14.4 Å². The first kappa shape index (κ1) is 30.3. The van der Waals surface area contributed by atoms with Gasteiger partial charge in [0.25, 0.3) is 0 Å². The molecule has 1 spiro atoms. The second-order valence-corrected chi connectivity index (χ2v) is 14.3. The lowest BCUT2D eigenvalue weighted by molar-refractivity contribution is -0.842. The van der Waals surface area contributed by atoms with Crippen molar-refractivity contribution in [1.29, 1.82) is 0 Å². The highest BCUT2D eigenvalue weighted by atomic mass is 32.1. The lowest BCUT2D eigenvalue weighted by atomic mass is 9.70. The first-order chi connectivity index (χ1) is 19.9. The number of quaternary nitrogens is 1. The SMILES string of the molecule is C[n+]1ccsc1CC1=CCN(C(=O)C=Cc2cnc3c(c2)CC2(CC[N+](C)(C(=O)CNC(C)(C)C)CC2)C(=O)N3)CC1. The molecule has 9 nitrogen and oxygen atoms in total. The zero-order valence-corrected chi connectivity index (χ0v) is 26.4. The van der Waals surface area contributed by atoms with E-state index < -0.39 is 5.41 Å². The van der Waals surface area contributed by atoms with Gasteiger partial charge in [-0.1, -0.05) is 23.0 Å². The molecule has 2 aromatic rings. The van der Waals surface area contributed by atoms with Gasteiger partial charge in [-0.25, -0.2) is 9.78 Å². The molecule has 5 rings (SSSR count). The molecule has 0 aliphatic carbocycles. The predicted octanol–water partition coefficient (Wildman–Crippen LogP) is 3.02. The van der Waals surface area contributed by atoms with Gasteiger partial charge in [-0.15, -0.1) is 0 Å². The number of likely N-dealkylation sites (tertiary alicyclic amines) is 1. The highest BCUT2D eigenvalue weighted by Gasteiger charge is 2.50. The minimum absolute atomic E-state index is 0.00200. The molecular formula is C32H44N6O3S+2. The van der Waals surface area contributed by atoms with Crippen LogP contribution in [0.5, 0.6) is 0 Å². The second kappa shape index (κ2) is 11.8. The number of nitrogens with zero attached hydrogens (tertiary/aromatic N) is 4. The summed E-state index contributed by atoms with van der Waals surface area (Å²) in [5, 5.41) is 9.76. The van der Waals surface area contributed by atoms with E-state index in [2.05, 4.69) is 65.7 Å². The van der Waals surface area contributed by atoms with E-state index in [0.29, 0.717) is 62.3 Å². The van der Waals surface area contributed by atoms with Gasteiger partial charge in [-0.05, 0) is 56.9 Å². The number of carbonyl (C=O) groups excluding carboxylic acids is 3. The Balaban J connectivity index is 1.19. The van der Waals surface area contributed by atoms with Gasteiger partial charge in [0.1, 0.15) is 19.4 Å². The Labute approximate surface area is 252 Å². The van der Waals surface area contributed by atoms with E-state index in [-0.39, 0.29) is 23.3 Å². The van der Waals surface area contributed by atoms with E-state index in [0.717, 1.165) is 24.0 Å². The number of amides is 3. The number of nitrogens with one attached hydrogen (secondary N) is 2. The van der Waals surface area contributed by atoms with Crippen molar-refractivity contribution in [3.05, 3.63) is 57.7 Å². The van der Waals surface area contributed by atoms with Gasteiger partial charge in [0.2, 0.25) is 16.8 Å². The monoisotopic (exact) mass is 592 g/mol. The zero-order valence-electron chi connectivity index (χ0n) is 25.5. The number of thiazole rings is 1. The van der Waals surface area contributed by atoms with Crippen LogP contribution in [0.4, 0.5) is 5.82 Å². The van der Waals surface area contributed by atoms with Gasteiger partial charge < -0.3 is 15.5 Å². The van der Waals surface area contributed by atoms with Crippen molar-refractivity contribution in [3.8, 4) is 0 Å². The lowest BCUT2D eigenvalue weighted by Gasteiger charge is -2.45. The number of pyridine rings is 1. The average Bonchev–Trinajstić information content (AvgIpc) is 3.36. The molecule has 0 radical (unpaired) electrons. The summed E-state index contributed by atoms with van der Waals surface area (Å²) in [7, 11) is 4.05. The molecule has 10 heteroatoms. The first-order valence-corrected chi connectivity index (χ1v) is 15.7. The van der Waals surface area contributed by atoms with Crippen molar-refractivity contribution in [2.24, 2.45) is 12.5 Å². The van der Waals surface area contributed by atoms with E-state index in [1.165, 1.54) is 10.6 Å². The van der Waals surface area contributed by atoms with Crippen molar-refractivity contribution in [2.75, 3.05) is 45.1 Å². The molecule has 224 valence electrons. The van der Waals surface area contributed by atoms with Crippen LogP contribution >= 0.6 is 11.3 Å². The van der Waals surface area contributed by atoms with Gasteiger partial charge in [0.15, 0.2) is 6.20 Å². The van der Waals surface area contributed by atoms with Crippen molar-refractivity contribution < 1.29 is 23.4 Å². The van der Waals surface area contributed by atoms with Crippen LogP contribution in [0.25, 0.3) is 6.08 Å². The minimum Gasteiger partial charge on any atom is -0.335 e. The van der Waals surface area contributed by atoms with Crippen LogP contribution in [-0.4, -0.2) is 77.4 Å². The molecule has 2 N–H and O–H groups in total. The molecule has 3 amide bonds. The number of fused-ring (bicyclic) bond motifs is 1. The van der Waals surface area contributed by atoms with E-state index in [1.54, 1.807) is 23.6 Å². The molecule has 42 heavy (non-hydrogen) atoms. The van der Waals surface area contributed by atoms with Crippen molar-refractivity contribution in [2.45, 2.75) is 58.4 Å². The van der Waals surface area contributed by atoms with Gasteiger partial charge in [0, 0.05) is 43.7 Å². The topological polar surface area (TPSA) is 95.3 Å². The molecule has 1 fully saturated rings. The number of aryl methyl sites for hydroxylation is 1. The maximum atomic E-state index is 13.3. The minimum atomic E-state index is -0.541. The largest absolute Gasteiger partial charge is 0.335 e. The molecule has 0 unspecified atom stereocenters. The average molecular weight is 593 g/mol. The predicted molar refractivity (Wildman–Crippen MR) is 164 cm³/mol. The van der Waals surface area contributed by atoms with Gasteiger partial charge >= 0.3 is 5.91 Å².